The Kier molecular flexibility index (Phi) is 6.54. The van der Waals surface area contributed by atoms with E-state index in [1.54, 1.807) is 0 Å². The lowest BCUT2D eigenvalue weighted by molar-refractivity contribution is 0.196. The maximum atomic E-state index is 15.1. The molecule has 0 radical (unpaired) electrons. The number of nitrogens with zero attached hydrogens (tertiary/aromatic N) is 2. The first-order chi connectivity index (χ1) is 15.4. The van der Waals surface area contributed by atoms with E-state index in [9.17, 15) is 12.8 Å². The smallest absolute Gasteiger partial charge is 0.268 e. The zero-order chi connectivity index (χ0) is 22.7. The van der Waals surface area contributed by atoms with Gasteiger partial charge in [-0.1, -0.05) is 43.0 Å². The third kappa shape index (κ3) is 4.82. The average Bonchev–Trinajstić information content (AvgIpc) is 3.40. The summed E-state index contributed by atoms with van der Waals surface area (Å²) in [4.78, 5) is 4.88. The van der Waals surface area contributed by atoms with E-state index < -0.39 is 26.6 Å². The average molecular weight is 478 g/mol. The molecule has 2 heterocycles. The Bertz CT molecular complexity index is 1200. The van der Waals surface area contributed by atoms with Crippen molar-refractivity contribution < 1.29 is 21.9 Å². The van der Waals surface area contributed by atoms with Gasteiger partial charge in [-0.05, 0) is 12.0 Å². The van der Waals surface area contributed by atoms with Gasteiger partial charge in [0.2, 0.25) is 0 Å². The van der Waals surface area contributed by atoms with Crippen molar-refractivity contribution in [3.8, 4) is 5.75 Å². The van der Waals surface area contributed by atoms with E-state index in [1.807, 2.05) is 30.3 Å². The molecule has 1 aliphatic heterocycles. The highest BCUT2D eigenvalue weighted by atomic mass is 32.2. The number of likely N-dealkylation sites (tertiary alicyclic amines) is 1. The molecule has 168 valence electrons. The Morgan fingerprint density at radius 3 is 2.78 bits per heavy atom. The van der Waals surface area contributed by atoms with Crippen molar-refractivity contribution >= 4 is 33.3 Å². The van der Waals surface area contributed by atoms with Crippen LogP contribution in [0.5, 0.6) is 5.75 Å². The highest BCUT2D eigenvalue weighted by molar-refractivity contribution is 7.92. The maximum Gasteiger partial charge on any atom is 0.268 e. The van der Waals surface area contributed by atoms with Crippen LogP contribution in [0.3, 0.4) is 0 Å². The molecular formula is C22H21F2N3O3S2. The first-order valence-electron chi connectivity index (χ1n) is 9.85. The van der Waals surface area contributed by atoms with E-state index in [1.165, 1.54) is 16.5 Å². The molecule has 1 unspecified atom stereocenters. The van der Waals surface area contributed by atoms with Crippen LogP contribution in [0.2, 0.25) is 0 Å². The first-order valence-corrected chi connectivity index (χ1v) is 12.3. The number of ether oxygens (including phenoxy) is 1. The normalized spacial score (nSPS) is 16.8. The number of aromatic nitrogens is 1. The highest BCUT2D eigenvalue weighted by Crippen LogP contribution is 2.33. The number of sulfonamides is 1. The number of hydrogen-bond acceptors (Lipinski definition) is 6. The minimum atomic E-state index is -4.53. The zero-order valence-electron chi connectivity index (χ0n) is 17.0. The van der Waals surface area contributed by atoms with Gasteiger partial charge in [-0.3, -0.25) is 9.62 Å². The van der Waals surface area contributed by atoms with E-state index in [-0.39, 0.29) is 23.2 Å². The van der Waals surface area contributed by atoms with Crippen LogP contribution in [0.15, 0.2) is 58.8 Å². The van der Waals surface area contributed by atoms with E-state index in [4.69, 9.17) is 4.74 Å². The van der Waals surface area contributed by atoms with Crippen molar-refractivity contribution in [2.75, 3.05) is 17.8 Å². The SMILES string of the molecule is C=Cc1c(OC2CCN(Cc3ccccc3)C2)cc(F)c(S(=O)(=O)Nc2cscn2)c1F. The van der Waals surface area contributed by atoms with E-state index in [0.717, 1.165) is 36.6 Å². The molecule has 1 fully saturated rings. The molecule has 32 heavy (non-hydrogen) atoms. The quantitative estimate of drug-likeness (QED) is 0.517. The van der Waals surface area contributed by atoms with Gasteiger partial charge in [-0.2, -0.15) is 0 Å². The third-order valence-electron chi connectivity index (χ3n) is 5.09. The summed E-state index contributed by atoms with van der Waals surface area (Å²) in [6.07, 6.45) is 1.52. The molecule has 10 heteroatoms. The Morgan fingerprint density at radius 1 is 1.31 bits per heavy atom. The first kappa shape index (κ1) is 22.4. The molecule has 4 rings (SSSR count). The third-order valence-corrected chi connectivity index (χ3v) is 7.07. The molecule has 1 aromatic heterocycles. The van der Waals surface area contributed by atoms with Crippen LogP contribution in [-0.2, 0) is 16.6 Å². The standard InChI is InChI=1S/C22H21F2N3O3S2/c1-2-17-19(30-16-8-9-27(12-16)11-15-6-4-3-5-7-15)10-18(23)22(21(17)24)32(28,29)26-20-13-31-14-25-20/h2-7,10,13-14,16,26H,1,8-9,11-12H2. The molecule has 1 N–H and O–H groups in total. The number of hydrogen-bond donors (Lipinski definition) is 1. The van der Waals surface area contributed by atoms with Crippen LogP contribution in [0.4, 0.5) is 14.6 Å². The topological polar surface area (TPSA) is 71.5 Å². The van der Waals surface area contributed by atoms with Gasteiger partial charge < -0.3 is 4.74 Å². The molecule has 0 aliphatic carbocycles. The van der Waals surface area contributed by atoms with Crippen LogP contribution in [0.25, 0.3) is 6.08 Å². The van der Waals surface area contributed by atoms with E-state index in [2.05, 4.69) is 21.2 Å². The van der Waals surface area contributed by atoms with Crippen LogP contribution in [0, 0.1) is 11.6 Å². The minimum Gasteiger partial charge on any atom is -0.488 e. The molecule has 3 aromatic rings. The van der Waals surface area contributed by atoms with Gasteiger partial charge in [0, 0.05) is 31.1 Å². The van der Waals surface area contributed by atoms with Crippen molar-refractivity contribution in [1.29, 1.82) is 0 Å². The largest absolute Gasteiger partial charge is 0.488 e. The summed E-state index contributed by atoms with van der Waals surface area (Å²) in [5.41, 5.74) is 2.37. The summed E-state index contributed by atoms with van der Waals surface area (Å²) in [5, 5.41) is 1.42. The summed E-state index contributed by atoms with van der Waals surface area (Å²) < 4.78 is 63.0. The van der Waals surface area contributed by atoms with Crippen molar-refractivity contribution in [2.45, 2.75) is 24.0 Å². The Morgan fingerprint density at radius 2 is 2.09 bits per heavy atom. The zero-order valence-corrected chi connectivity index (χ0v) is 18.6. The molecule has 1 aliphatic rings. The molecule has 0 bridgehead atoms. The highest BCUT2D eigenvalue weighted by Gasteiger charge is 2.31. The van der Waals surface area contributed by atoms with Crippen LogP contribution in [-0.4, -0.2) is 37.5 Å². The second kappa shape index (κ2) is 9.35. The summed E-state index contributed by atoms with van der Waals surface area (Å²) in [6.45, 7) is 5.65. The predicted octanol–water partition coefficient (Wildman–Crippen LogP) is 4.52. The molecule has 0 amide bonds. The predicted molar refractivity (Wildman–Crippen MR) is 120 cm³/mol. The number of rotatable bonds is 8. The lowest BCUT2D eigenvalue weighted by Crippen LogP contribution is -2.25. The number of benzene rings is 2. The number of nitrogens with one attached hydrogen (secondary N) is 1. The molecule has 0 spiro atoms. The molecule has 2 aromatic carbocycles. The Balaban J connectivity index is 1.53. The van der Waals surface area contributed by atoms with Crippen LogP contribution < -0.4 is 9.46 Å². The van der Waals surface area contributed by atoms with Crippen molar-refractivity contribution in [3.05, 3.63) is 76.6 Å². The van der Waals surface area contributed by atoms with E-state index in [0.29, 0.717) is 13.0 Å². The van der Waals surface area contributed by atoms with Crippen LogP contribution >= 0.6 is 11.3 Å². The van der Waals surface area contributed by atoms with Crippen molar-refractivity contribution in [1.82, 2.24) is 9.88 Å². The van der Waals surface area contributed by atoms with Crippen molar-refractivity contribution in [3.63, 3.8) is 0 Å². The van der Waals surface area contributed by atoms with Gasteiger partial charge in [-0.15, -0.1) is 11.3 Å². The number of thiazole rings is 1. The van der Waals surface area contributed by atoms with Gasteiger partial charge in [0.25, 0.3) is 10.0 Å². The van der Waals surface area contributed by atoms with E-state index >= 15 is 4.39 Å². The maximum absolute atomic E-state index is 15.1. The Hall–Kier alpha value is -2.82. The number of anilines is 1. The summed E-state index contributed by atoms with van der Waals surface area (Å²) >= 11 is 1.15. The number of halogens is 2. The fourth-order valence-electron chi connectivity index (χ4n) is 3.64. The molecule has 0 saturated carbocycles. The molecule has 1 atom stereocenters. The van der Waals surface area contributed by atoms with Gasteiger partial charge in [-0.25, -0.2) is 22.2 Å². The lowest BCUT2D eigenvalue weighted by atomic mass is 10.1. The second-order valence-corrected chi connectivity index (χ2v) is 9.68. The van der Waals surface area contributed by atoms with Gasteiger partial charge in [0.05, 0.1) is 11.1 Å². The second-order valence-electron chi connectivity index (χ2n) is 7.35. The molecule has 1 saturated heterocycles. The minimum absolute atomic E-state index is 0.0151. The fourth-order valence-corrected chi connectivity index (χ4v) is 5.35. The lowest BCUT2D eigenvalue weighted by Gasteiger charge is -2.19. The monoisotopic (exact) mass is 477 g/mol. The fraction of sp³-hybridized carbons (Fsp3) is 0.227. The van der Waals surface area contributed by atoms with Crippen molar-refractivity contribution in [2.24, 2.45) is 0 Å². The van der Waals surface area contributed by atoms with Gasteiger partial charge in [0.1, 0.15) is 17.7 Å². The summed E-state index contributed by atoms with van der Waals surface area (Å²) in [5.74, 6) is -2.59. The van der Waals surface area contributed by atoms with Gasteiger partial charge >= 0.3 is 0 Å². The molecule has 6 nitrogen and oxygen atoms in total. The van der Waals surface area contributed by atoms with Crippen LogP contribution in [0.1, 0.15) is 17.5 Å². The summed E-state index contributed by atoms with van der Waals surface area (Å²) in [6, 6.07) is 10.9. The Labute approximate surface area is 189 Å². The van der Waals surface area contributed by atoms with Gasteiger partial charge in [0.15, 0.2) is 16.5 Å². The molecular weight excluding hydrogens is 456 g/mol. The summed E-state index contributed by atoms with van der Waals surface area (Å²) in [7, 11) is -4.53.